The van der Waals surface area contributed by atoms with Crippen molar-refractivity contribution in [2.75, 3.05) is 13.1 Å². The molecule has 1 saturated heterocycles. The Morgan fingerprint density at radius 1 is 1.04 bits per heavy atom. The molecule has 6 rings (SSSR count). The van der Waals surface area contributed by atoms with E-state index < -0.39 is 11.4 Å². The molecular formula is C39H62N3O4P. The van der Waals surface area contributed by atoms with Gasteiger partial charge in [-0.2, -0.15) is 0 Å². The van der Waals surface area contributed by atoms with Gasteiger partial charge in [-0.25, -0.2) is 0 Å². The Balaban J connectivity index is 1.24. The van der Waals surface area contributed by atoms with Gasteiger partial charge in [-0.3, -0.25) is 9.59 Å². The minimum absolute atomic E-state index is 0.0311. The molecule has 4 N–H and O–H groups in total. The number of carboxylic acids is 1. The van der Waals surface area contributed by atoms with Crippen LogP contribution >= 0.6 is 8.86 Å². The number of ketones is 1. The Hall–Kier alpha value is -1.69. The second-order valence-corrected chi connectivity index (χ2v) is 19.1. The fourth-order valence-corrected chi connectivity index (χ4v) is 12.9. The van der Waals surface area contributed by atoms with Crippen LogP contribution in [0.1, 0.15) is 120 Å². The van der Waals surface area contributed by atoms with Gasteiger partial charge in [0.2, 0.25) is 0 Å². The highest BCUT2D eigenvalue weighted by atomic mass is 31.0. The first-order valence-electron chi connectivity index (χ1n) is 18.6. The van der Waals surface area contributed by atoms with Crippen molar-refractivity contribution in [3.8, 4) is 0 Å². The number of rotatable bonds is 10. The summed E-state index contributed by atoms with van der Waals surface area (Å²) in [5.74, 6) is 2.83. The number of hydrogen-bond acceptors (Lipinski definition) is 6. The first kappa shape index (κ1) is 35.1. The molecule has 8 heteroatoms. The van der Waals surface area contributed by atoms with Crippen molar-refractivity contribution in [3.63, 3.8) is 0 Å². The Kier molecular flexibility index (Phi) is 8.96. The predicted octanol–water partition coefficient (Wildman–Crippen LogP) is 7.11. The van der Waals surface area contributed by atoms with Crippen molar-refractivity contribution in [2.24, 2.45) is 51.2 Å². The molecule has 5 fully saturated rings. The normalized spacial score (nSPS) is 39.7. The van der Waals surface area contributed by atoms with Crippen LogP contribution < -0.4 is 16.0 Å². The molecule has 0 aromatic heterocycles. The molecule has 8 unspecified atom stereocenters. The van der Waals surface area contributed by atoms with E-state index in [0.717, 1.165) is 56.6 Å². The quantitative estimate of drug-likeness (QED) is 0.184. The van der Waals surface area contributed by atoms with Gasteiger partial charge in [0.15, 0.2) is 5.78 Å². The lowest BCUT2D eigenvalue weighted by Crippen LogP contribution is -2.64. The molecule has 1 aliphatic heterocycles. The van der Waals surface area contributed by atoms with Crippen LogP contribution in [0.3, 0.4) is 0 Å². The lowest BCUT2D eigenvalue weighted by molar-refractivity contribution is -0.199. The molecule has 6 aliphatic rings. The topological polar surface area (TPSA) is 99.7 Å². The lowest BCUT2D eigenvalue weighted by atomic mass is 9.37. The number of aliphatic carboxylic acids is 1. The number of carbonyl (C=O) groups excluding carboxylic acids is 1. The summed E-state index contributed by atoms with van der Waals surface area (Å²) >= 11 is 0. The van der Waals surface area contributed by atoms with E-state index in [-0.39, 0.29) is 33.8 Å². The SMILES string of the molecule is C=C(NC1CNC1)NC12CCC3C(CCC4C3(C)CCC3C(C)(C)C(OC(=P)CC(C)(C)C(=O)O)CCC34C)C1=C(C(C)C)C(=O)C2. The van der Waals surface area contributed by atoms with Crippen LogP contribution in [-0.2, 0) is 14.3 Å². The number of allylic oxidation sites excluding steroid dienone is 1. The van der Waals surface area contributed by atoms with Crippen molar-refractivity contribution in [3.05, 3.63) is 23.5 Å². The number of Topliss-reactive ketones (excluding diaryl/α,β-unsaturated/α-hetero) is 1. The summed E-state index contributed by atoms with van der Waals surface area (Å²) in [4.78, 5) is 25.6. The van der Waals surface area contributed by atoms with Crippen LogP contribution in [0, 0.1) is 51.2 Å². The van der Waals surface area contributed by atoms with Crippen LogP contribution in [0.2, 0.25) is 0 Å². The lowest BCUT2D eigenvalue weighted by Gasteiger charge is -2.69. The zero-order chi connectivity index (χ0) is 34.3. The number of ether oxygens (including phenoxy) is 1. The third kappa shape index (κ3) is 5.67. The van der Waals surface area contributed by atoms with E-state index in [9.17, 15) is 14.7 Å². The van der Waals surface area contributed by atoms with Crippen LogP contribution in [-0.4, -0.2) is 53.1 Å². The van der Waals surface area contributed by atoms with Gasteiger partial charge in [-0.05, 0) is 122 Å². The van der Waals surface area contributed by atoms with Gasteiger partial charge >= 0.3 is 5.97 Å². The first-order chi connectivity index (χ1) is 21.9. The molecule has 0 aromatic rings. The Morgan fingerprint density at radius 3 is 2.34 bits per heavy atom. The van der Waals surface area contributed by atoms with E-state index >= 15 is 0 Å². The Labute approximate surface area is 286 Å². The van der Waals surface area contributed by atoms with E-state index in [1.54, 1.807) is 13.8 Å². The van der Waals surface area contributed by atoms with Gasteiger partial charge in [0.25, 0.3) is 0 Å². The maximum atomic E-state index is 13.8. The van der Waals surface area contributed by atoms with Gasteiger partial charge < -0.3 is 25.8 Å². The number of hydrogen-bond donors (Lipinski definition) is 4. The van der Waals surface area contributed by atoms with Gasteiger partial charge in [0, 0.05) is 25.9 Å². The van der Waals surface area contributed by atoms with E-state index in [1.165, 1.54) is 24.8 Å². The van der Waals surface area contributed by atoms with E-state index in [0.29, 0.717) is 53.8 Å². The fourth-order valence-electron chi connectivity index (χ4n) is 12.3. The average Bonchev–Trinajstić information content (AvgIpc) is 3.23. The van der Waals surface area contributed by atoms with E-state index in [2.05, 4.69) is 72.9 Å². The first-order valence-corrected chi connectivity index (χ1v) is 19.1. The van der Waals surface area contributed by atoms with Crippen molar-refractivity contribution >= 4 is 26.1 Å². The molecule has 1 heterocycles. The highest BCUT2D eigenvalue weighted by molar-refractivity contribution is 7.20. The molecule has 4 saturated carbocycles. The van der Waals surface area contributed by atoms with Gasteiger partial charge in [-0.1, -0.05) is 57.0 Å². The zero-order valence-corrected chi connectivity index (χ0v) is 31.4. The van der Waals surface area contributed by atoms with Crippen LogP contribution in [0.4, 0.5) is 0 Å². The van der Waals surface area contributed by atoms with E-state index in [1.807, 2.05) is 0 Å². The monoisotopic (exact) mass is 667 g/mol. The molecule has 0 amide bonds. The smallest absolute Gasteiger partial charge is 0.309 e. The molecule has 8 atom stereocenters. The van der Waals surface area contributed by atoms with Crippen LogP contribution in [0.5, 0.6) is 0 Å². The standard InChI is InChI=1S/C39H62N3O4P/c1-22(2)32-27(43)18-39(42-23(3)41-24-20-40-21-24)17-12-26-25(33(32)39)10-11-29-37(26,8)15-13-28-36(6,7)30(14-16-38(28,29)9)46-31(47)19-35(4,5)34(44)45/h22,24-26,28-30,40-42,47H,3,10-21H2,1-2,4-9H3,(H,44,45). The second kappa shape index (κ2) is 12.0. The highest BCUT2D eigenvalue weighted by Crippen LogP contribution is 2.72. The second-order valence-electron chi connectivity index (χ2n) is 18.5. The minimum atomic E-state index is -0.880. The molecule has 47 heavy (non-hydrogen) atoms. The van der Waals surface area contributed by atoms with E-state index in [4.69, 9.17) is 4.74 Å². The molecule has 5 aliphatic carbocycles. The summed E-state index contributed by atoms with van der Waals surface area (Å²) in [6.07, 6.45) is 10.0. The Morgan fingerprint density at radius 2 is 1.72 bits per heavy atom. The minimum Gasteiger partial charge on any atom is -0.481 e. The molecule has 0 spiro atoms. The Bertz CT molecular complexity index is 1370. The largest absolute Gasteiger partial charge is 0.481 e. The summed E-state index contributed by atoms with van der Waals surface area (Å²) in [7, 11) is 3.70. The van der Waals surface area contributed by atoms with Gasteiger partial charge in [0.05, 0.1) is 34.4 Å². The number of nitrogens with one attached hydrogen (secondary N) is 3. The van der Waals surface area contributed by atoms with Crippen molar-refractivity contribution in [1.29, 1.82) is 0 Å². The molecule has 7 nitrogen and oxygen atoms in total. The number of carboxylic acid groups (broad SMARTS) is 1. The van der Waals surface area contributed by atoms with Crippen molar-refractivity contribution in [2.45, 2.75) is 137 Å². The summed E-state index contributed by atoms with van der Waals surface area (Å²) in [6, 6.07) is 0.405. The molecule has 262 valence electrons. The van der Waals surface area contributed by atoms with Crippen LogP contribution in [0.15, 0.2) is 23.5 Å². The molecule has 0 aromatic carbocycles. The summed E-state index contributed by atoms with van der Waals surface area (Å²) in [6.45, 7) is 24.3. The molecule has 0 bridgehead atoms. The summed E-state index contributed by atoms with van der Waals surface area (Å²) < 4.78 is 6.61. The van der Waals surface area contributed by atoms with Gasteiger partial charge in [0.1, 0.15) is 0 Å². The summed E-state index contributed by atoms with van der Waals surface area (Å²) in [5.41, 5.74) is 2.44. The average molecular weight is 668 g/mol. The van der Waals surface area contributed by atoms with Crippen LogP contribution in [0.25, 0.3) is 0 Å². The predicted molar refractivity (Wildman–Crippen MR) is 191 cm³/mol. The third-order valence-corrected chi connectivity index (χ3v) is 14.8. The highest BCUT2D eigenvalue weighted by Gasteiger charge is 2.66. The van der Waals surface area contributed by atoms with Crippen molar-refractivity contribution < 1.29 is 19.4 Å². The molecule has 0 radical (unpaired) electrons. The number of fused-ring (bicyclic) bond motifs is 7. The molecular weight excluding hydrogens is 605 g/mol. The maximum Gasteiger partial charge on any atom is 0.309 e. The fraction of sp³-hybridized carbons (Fsp3) is 0.821. The summed E-state index contributed by atoms with van der Waals surface area (Å²) in [5, 5.41) is 20.5. The third-order valence-electron chi connectivity index (χ3n) is 14.5. The van der Waals surface area contributed by atoms with Gasteiger partial charge in [-0.15, -0.1) is 0 Å². The van der Waals surface area contributed by atoms with Crippen molar-refractivity contribution in [1.82, 2.24) is 16.0 Å². The maximum absolute atomic E-state index is 13.8. The number of carbonyl (C=O) groups is 2. The zero-order valence-electron chi connectivity index (χ0n) is 30.4.